The number of aromatic nitrogens is 2. The number of thiazole rings is 1. The lowest BCUT2D eigenvalue weighted by atomic mass is 9.95. The number of allylic oxidation sites excluding steroid dienone is 1. The fourth-order valence-electron chi connectivity index (χ4n) is 5.03. The van der Waals surface area contributed by atoms with Crippen LogP contribution < -0.4 is 19.6 Å². The molecule has 0 amide bonds. The number of para-hydroxylation sites is 1. The number of carbonyl (C=O) groups excluding carboxylic acids is 1. The molecule has 1 aliphatic heterocycles. The van der Waals surface area contributed by atoms with Crippen molar-refractivity contribution in [3.8, 4) is 5.75 Å². The van der Waals surface area contributed by atoms with Gasteiger partial charge in [-0.15, -0.1) is 0 Å². The summed E-state index contributed by atoms with van der Waals surface area (Å²) in [7, 11) is 1.61. The maximum Gasteiger partial charge on any atom is 0.338 e. The smallest absolute Gasteiger partial charge is 0.338 e. The normalized spacial score (nSPS) is 15.7. The summed E-state index contributed by atoms with van der Waals surface area (Å²) in [6, 6.07) is 13.5. The van der Waals surface area contributed by atoms with Gasteiger partial charge in [-0.1, -0.05) is 41.7 Å². The van der Waals surface area contributed by atoms with E-state index in [-0.39, 0.29) is 18.2 Å². The maximum atomic E-state index is 14.0. The second-order valence-electron chi connectivity index (χ2n) is 9.63. The number of esters is 1. The van der Waals surface area contributed by atoms with Gasteiger partial charge in [0, 0.05) is 28.7 Å². The molecular weight excluding hydrogens is 498 g/mol. The molecule has 1 atom stereocenters. The van der Waals surface area contributed by atoms with Crippen molar-refractivity contribution in [3.05, 3.63) is 96.3 Å². The Kier molecular flexibility index (Phi) is 6.84. The van der Waals surface area contributed by atoms with Crippen LogP contribution in [0.1, 0.15) is 56.5 Å². The van der Waals surface area contributed by atoms with Gasteiger partial charge in [0.2, 0.25) is 0 Å². The molecule has 0 saturated heterocycles. The van der Waals surface area contributed by atoms with Crippen LogP contribution in [0.3, 0.4) is 0 Å². The predicted octanol–water partition coefficient (Wildman–Crippen LogP) is 4.65. The summed E-state index contributed by atoms with van der Waals surface area (Å²) in [4.78, 5) is 32.4. The van der Waals surface area contributed by atoms with E-state index >= 15 is 0 Å². The van der Waals surface area contributed by atoms with Crippen LogP contribution in [0.2, 0.25) is 0 Å². The summed E-state index contributed by atoms with van der Waals surface area (Å²) in [5, 5.41) is 1.08. The van der Waals surface area contributed by atoms with Crippen molar-refractivity contribution < 1.29 is 14.3 Å². The third-order valence-electron chi connectivity index (χ3n) is 6.88. The van der Waals surface area contributed by atoms with Gasteiger partial charge in [0.25, 0.3) is 5.56 Å². The van der Waals surface area contributed by atoms with Crippen LogP contribution in [0.5, 0.6) is 5.75 Å². The van der Waals surface area contributed by atoms with Crippen molar-refractivity contribution in [2.75, 3.05) is 13.7 Å². The molecule has 5 rings (SSSR count). The number of hydrogen-bond acceptors (Lipinski definition) is 6. The molecule has 0 bridgehead atoms. The first-order valence-corrected chi connectivity index (χ1v) is 13.5. The van der Waals surface area contributed by atoms with Crippen molar-refractivity contribution in [3.63, 3.8) is 0 Å². The Hall–Kier alpha value is -3.91. The van der Waals surface area contributed by atoms with Crippen molar-refractivity contribution in [1.29, 1.82) is 0 Å². The highest BCUT2D eigenvalue weighted by Crippen LogP contribution is 2.33. The molecule has 0 N–H and O–H groups in total. The molecule has 0 radical (unpaired) electrons. The molecule has 3 heterocycles. The van der Waals surface area contributed by atoms with Crippen molar-refractivity contribution in [1.82, 2.24) is 9.13 Å². The van der Waals surface area contributed by atoms with E-state index < -0.39 is 12.0 Å². The molecule has 1 aliphatic rings. The monoisotopic (exact) mass is 529 g/mol. The SMILES string of the molecule is CCOC(=O)C1=C(C)N=c2s/c(=C/c3cn(C(C)C)c4ccccc34)c(=O)n2[C@@H]1c1ccc(C)c(OC)c1. The summed E-state index contributed by atoms with van der Waals surface area (Å²) in [5.41, 5.74) is 4.50. The van der Waals surface area contributed by atoms with Gasteiger partial charge in [-0.05, 0) is 64.0 Å². The first-order valence-electron chi connectivity index (χ1n) is 12.7. The zero-order valence-corrected chi connectivity index (χ0v) is 23.3. The Balaban J connectivity index is 1.76. The Labute approximate surface area is 225 Å². The third-order valence-corrected chi connectivity index (χ3v) is 7.86. The third kappa shape index (κ3) is 4.28. The van der Waals surface area contributed by atoms with E-state index in [0.717, 1.165) is 27.6 Å². The lowest BCUT2D eigenvalue weighted by Gasteiger charge is -2.25. The predicted molar refractivity (Wildman–Crippen MR) is 150 cm³/mol. The average molecular weight is 530 g/mol. The number of benzene rings is 2. The van der Waals surface area contributed by atoms with Gasteiger partial charge in [0.15, 0.2) is 4.80 Å². The molecule has 0 spiro atoms. The number of carbonyl (C=O) groups is 1. The minimum absolute atomic E-state index is 0.200. The van der Waals surface area contributed by atoms with Gasteiger partial charge in [0.1, 0.15) is 5.75 Å². The standard InChI is InChI=1S/C30H31N3O4S/c1-7-37-29(35)26-19(5)31-30-33(27(26)20-13-12-18(4)24(14-20)36-6)28(34)25(38-30)15-21-16-32(17(2)3)23-11-9-8-10-22(21)23/h8-17,27H,7H2,1-6H3/b25-15+/t27-/m1/s1. The summed E-state index contributed by atoms with van der Waals surface area (Å²) >= 11 is 1.33. The van der Waals surface area contributed by atoms with Crippen LogP contribution in [0.15, 0.2) is 69.7 Å². The van der Waals surface area contributed by atoms with E-state index in [4.69, 9.17) is 9.47 Å². The van der Waals surface area contributed by atoms with E-state index in [1.807, 2.05) is 43.3 Å². The van der Waals surface area contributed by atoms with E-state index in [2.05, 4.69) is 41.7 Å². The summed E-state index contributed by atoms with van der Waals surface area (Å²) in [5.74, 6) is 0.205. The quantitative estimate of drug-likeness (QED) is 0.341. The first-order chi connectivity index (χ1) is 18.2. The van der Waals surface area contributed by atoms with Gasteiger partial charge in [0.05, 0.1) is 35.6 Å². The molecule has 38 heavy (non-hydrogen) atoms. The minimum Gasteiger partial charge on any atom is -0.496 e. The summed E-state index contributed by atoms with van der Waals surface area (Å²) < 4.78 is 15.3. The second-order valence-corrected chi connectivity index (χ2v) is 10.6. The fourth-order valence-corrected chi connectivity index (χ4v) is 6.07. The second kappa shape index (κ2) is 10.1. The Morgan fingerprint density at radius 2 is 1.95 bits per heavy atom. The first kappa shape index (κ1) is 25.7. The highest BCUT2D eigenvalue weighted by molar-refractivity contribution is 7.07. The van der Waals surface area contributed by atoms with Crippen molar-refractivity contribution in [2.45, 2.75) is 46.7 Å². The van der Waals surface area contributed by atoms with Gasteiger partial charge in [-0.3, -0.25) is 9.36 Å². The Bertz CT molecular complexity index is 1770. The lowest BCUT2D eigenvalue weighted by Crippen LogP contribution is -2.40. The zero-order chi connectivity index (χ0) is 27.1. The molecule has 0 aliphatic carbocycles. The zero-order valence-electron chi connectivity index (χ0n) is 22.4. The van der Waals surface area contributed by atoms with Gasteiger partial charge in [-0.2, -0.15) is 0 Å². The lowest BCUT2D eigenvalue weighted by molar-refractivity contribution is -0.139. The number of aryl methyl sites for hydroxylation is 1. The maximum absolute atomic E-state index is 14.0. The molecule has 2 aromatic carbocycles. The number of methoxy groups -OCH3 is 1. The topological polar surface area (TPSA) is 74.8 Å². The van der Waals surface area contributed by atoms with Crippen molar-refractivity contribution >= 4 is 34.3 Å². The van der Waals surface area contributed by atoms with Gasteiger partial charge >= 0.3 is 5.97 Å². The molecule has 0 saturated carbocycles. The summed E-state index contributed by atoms with van der Waals surface area (Å²) in [6.45, 7) is 10.0. The number of ether oxygens (including phenoxy) is 2. The van der Waals surface area contributed by atoms with E-state index in [1.165, 1.54) is 11.3 Å². The fraction of sp³-hybridized carbons (Fsp3) is 0.300. The van der Waals surface area contributed by atoms with E-state index in [1.54, 1.807) is 25.5 Å². The molecule has 0 unspecified atom stereocenters. The number of hydrogen-bond donors (Lipinski definition) is 0. The Morgan fingerprint density at radius 3 is 2.66 bits per heavy atom. The van der Waals surface area contributed by atoms with Gasteiger partial charge in [-0.25, -0.2) is 9.79 Å². The van der Waals surface area contributed by atoms with Crippen LogP contribution in [0.4, 0.5) is 0 Å². The average Bonchev–Trinajstić information content (AvgIpc) is 3.41. The van der Waals surface area contributed by atoms with Crippen LogP contribution >= 0.6 is 11.3 Å². The van der Waals surface area contributed by atoms with E-state index in [9.17, 15) is 9.59 Å². The molecule has 4 aromatic rings. The van der Waals surface area contributed by atoms with Crippen LogP contribution in [-0.4, -0.2) is 28.8 Å². The van der Waals surface area contributed by atoms with Crippen molar-refractivity contribution in [2.24, 2.45) is 4.99 Å². The number of rotatable bonds is 6. The molecule has 2 aromatic heterocycles. The van der Waals surface area contributed by atoms with Crippen LogP contribution in [0.25, 0.3) is 17.0 Å². The number of fused-ring (bicyclic) bond motifs is 2. The Morgan fingerprint density at radius 1 is 1.18 bits per heavy atom. The molecule has 8 heteroatoms. The highest BCUT2D eigenvalue weighted by atomic mass is 32.1. The minimum atomic E-state index is -0.682. The van der Waals surface area contributed by atoms with Crippen LogP contribution in [0, 0.1) is 6.92 Å². The highest BCUT2D eigenvalue weighted by Gasteiger charge is 2.33. The van der Waals surface area contributed by atoms with E-state index in [0.29, 0.717) is 26.4 Å². The largest absolute Gasteiger partial charge is 0.496 e. The van der Waals surface area contributed by atoms with Crippen LogP contribution in [-0.2, 0) is 9.53 Å². The molecule has 0 fully saturated rings. The summed E-state index contributed by atoms with van der Waals surface area (Å²) in [6.07, 6.45) is 4.02. The molecule has 7 nitrogen and oxygen atoms in total. The van der Waals surface area contributed by atoms with Gasteiger partial charge < -0.3 is 14.0 Å². The molecule has 196 valence electrons. The molecular formula is C30H31N3O4S. The number of nitrogens with zero attached hydrogens (tertiary/aromatic N) is 3.